The quantitative estimate of drug-likeness (QED) is 0.743. The number of hydrogen-bond acceptors (Lipinski definition) is 3. The molecule has 1 aromatic carbocycles. The van der Waals surface area contributed by atoms with Crippen molar-refractivity contribution in [1.82, 2.24) is 14.5 Å². The van der Waals surface area contributed by atoms with Gasteiger partial charge in [0.1, 0.15) is 4.60 Å². The lowest BCUT2D eigenvalue weighted by Gasteiger charge is -2.12. The van der Waals surface area contributed by atoms with Crippen LogP contribution in [0.2, 0.25) is 0 Å². The van der Waals surface area contributed by atoms with E-state index in [9.17, 15) is 0 Å². The van der Waals surface area contributed by atoms with Crippen LogP contribution >= 0.6 is 15.9 Å². The summed E-state index contributed by atoms with van der Waals surface area (Å²) in [7, 11) is 0. The van der Waals surface area contributed by atoms with Gasteiger partial charge >= 0.3 is 0 Å². The molecule has 0 atom stereocenters. The molecule has 0 radical (unpaired) electrons. The first kappa shape index (κ1) is 12.9. The van der Waals surface area contributed by atoms with Crippen molar-refractivity contribution in [1.29, 1.82) is 0 Å². The Kier molecular flexibility index (Phi) is 3.78. The smallest absolute Gasteiger partial charge is 0.106 e. The highest BCUT2D eigenvalue weighted by Gasteiger charge is 2.03. The van der Waals surface area contributed by atoms with E-state index >= 15 is 0 Å². The van der Waals surface area contributed by atoms with Crippen molar-refractivity contribution in [2.24, 2.45) is 0 Å². The number of pyridine rings is 1. The second-order valence-corrected chi connectivity index (χ2v) is 5.10. The third kappa shape index (κ3) is 2.88. The molecule has 0 aliphatic rings. The predicted octanol–water partition coefficient (Wildman–Crippen LogP) is 3.64. The van der Waals surface area contributed by atoms with Crippen LogP contribution in [-0.2, 0) is 6.54 Å². The van der Waals surface area contributed by atoms with Gasteiger partial charge in [0.2, 0.25) is 0 Å². The van der Waals surface area contributed by atoms with Gasteiger partial charge in [0.25, 0.3) is 0 Å². The van der Waals surface area contributed by atoms with Crippen molar-refractivity contribution in [3.05, 3.63) is 71.5 Å². The fraction of sp³-hybridized carbons (Fsp3) is 0.0667. The van der Waals surface area contributed by atoms with E-state index in [0.717, 1.165) is 21.7 Å². The van der Waals surface area contributed by atoms with Gasteiger partial charge in [0.05, 0.1) is 29.9 Å². The van der Waals surface area contributed by atoms with Crippen molar-refractivity contribution >= 4 is 21.6 Å². The van der Waals surface area contributed by atoms with Gasteiger partial charge in [0, 0.05) is 12.4 Å². The first-order valence-corrected chi connectivity index (χ1v) is 7.05. The minimum atomic E-state index is 0.672. The summed E-state index contributed by atoms with van der Waals surface area (Å²) in [4.78, 5) is 8.50. The molecule has 0 fully saturated rings. The average Bonchev–Trinajstić information content (AvgIpc) is 3.00. The zero-order chi connectivity index (χ0) is 13.8. The van der Waals surface area contributed by atoms with Gasteiger partial charge in [-0.05, 0) is 40.2 Å². The van der Waals surface area contributed by atoms with E-state index in [4.69, 9.17) is 0 Å². The molecule has 4 nitrogen and oxygen atoms in total. The monoisotopic (exact) mass is 328 g/mol. The van der Waals surface area contributed by atoms with Crippen molar-refractivity contribution in [3.8, 4) is 5.69 Å². The fourth-order valence-electron chi connectivity index (χ4n) is 1.98. The summed E-state index contributed by atoms with van der Waals surface area (Å²) in [6.45, 7) is 0.672. The molecule has 0 amide bonds. The first-order valence-electron chi connectivity index (χ1n) is 6.25. The topological polar surface area (TPSA) is 42.7 Å². The maximum Gasteiger partial charge on any atom is 0.106 e. The van der Waals surface area contributed by atoms with E-state index in [2.05, 4.69) is 37.3 Å². The number of rotatable bonds is 4. The summed E-state index contributed by atoms with van der Waals surface area (Å²) >= 11 is 3.38. The summed E-state index contributed by atoms with van der Waals surface area (Å²) < 4.78 is 2.83. The molecule has 0 aliphatic carbocycles. The van der Waals surface area contributed by atoms with Crippen molar-refractivity contribution < 1.29 is 0 Å². The molecular weight excluding hydrogens is 316 g/mol. The molecule has 3 rings (SSSR count). The standard InChI is InChI=1S/C15H13BrN4/c16-15-7-3-4-12(19-15)10-18-13-5-1-2-6-14(13)20-9-8-17-11-20/h1-9,11,18H,10H2. The van der Waals surface area contributed by atoms with Gasteiger partial charge < -0.3 is 9.88 Å². The van der Waals surface area contributed by atoms with Crippen LogP contribution in [-0.4, -0.2) is 14.5 Å². The number of para-hydroxylation sites is 2. The number of nitrogens with zero attached hydrogens (tertiary/aromatic N) is 3. The number of aromatic nitrogens is 3. The molecule has 0 bridgehead atoms. The Balaban J connectivity index is 1.81. The minimum absolute atomic E-state index is 0.672. The zero-order valence-electron chi connectivity index (χ0n) is 10.7. The molecule has 5 heteroatoms. The third-order valence-electron chi connectivity index (χ3n) is 2.92. The Morgan fingerprint density at radius 1 is 1.10 bits per heavy atom. The average molecular weight is 329 g/mol. The zero-order valence-corrected chi connectivity index (χ0v) is 12.3. The van der Waals surface area contributed by atoms with Crippen molar-refractivity contribution in [2.45, 2.75) is 6.54 Å². The van der Waals surface area contributed by atoms with Crippen LogP contribution < -0.4 is 5.32 Å². The molecule has 0 unspecified atom stereocenters. The summed E-state index contributed by atoms with van der Waals surface area (Å²) in [6.07, 6.45) is 5.49. The van der Waals surface area contributed by atoms with Crippen LogP contribution in [0.1, 0.15) is 5.69 Å². The molecule has 0 spiro atoms. The molecular formula is C15H13BrN4. The molecule has 3 aromatic rings. The Bertz CT molecular complexity index is 695. The number of nitrogens with one attached hydrogen (secondary N) is 1. The molecule has 0 saturated carbocycles. The maximum atomic E-state index is 4.42. The van der Waals surface area contributed by atoms with E-state index in [-0.39, 0.29) is 0 Å². The Morgan fingerprint density at radius 3 is 2.80 bits per heavy atom. The fourth-order valence-corrected chi connectivity index (χ4v) is 2.36. The molecule has 0 saturated heterocycles. The highest BCUT2D eigenvalue weighted by molar-refractivity contribution is 9.10. The summed E-state index contributed by atoms with van der Waals surface area (Å²) in [5, 5.41) is 3.41. The molecule has 2 heterocycles. The van der Waals surface area contributed by atoms with Gasteiger partial charge in [-0.15, -0.1) is 0 Å². The Hall–Kier alpha value is -2.14. The summed E-state index contributed by atoms with van der Waals surface area (Å²) in [5.74, 6) is 0. The highest BCUT2D eigenvalue weighted by atomic mass is 79.9. The van der Waals surface area contributed by atoms with E-state index in [1.807, 2.05) is 47.2 Å². The lowest BCUT2D eigenvalue weighted by molar-refractivity contribution is 1.01. The summed E-state index contributed by atoms with van der Waals surface area (Å²) in [5.41, 5.74) is 3.10. The van der Waals surface area contributed by atoms with Crippen LogP contribution in [0.5, 0.6) is 0 Å². The number of benzene rings is 1. The second kappa shape index (κ2) is 5.88. The number of hydrogen-bond donors (Lipinski definition) is 1. The number of halogens is 1. The molecule has 1 N–H and O–H groups in total. The van der Waals surface area contributed by atoms with Crippen LogP contribution in [0.15, 0.2) is 65.8 Å². The van der Waals surface area contributed by atoms with Gasteiger partial charge in [-0.1, -0.05) is 18.2 Å². The number of imidazole rings is 1. The maximum absolute atomic E-state index is 4.42. The molecule has 0 aliphatic heterocycles. The van der Waals surface area contributed by atoms with Crippen molar-refractivity contribution in [3.63, 3.8) is 0 Å². The highest BCUT2D eigenvalue weighted by Crippen LogP contribution is 2.20. The third-order valence-corrected chi connectivity index (χ3v) is 3.36. The van der Waals surface area contributed by atoms with Crippen molar-refractivity contribution in [2.75, 3.05) is 5.32 Å². The second-order valence-electron chi connectivity index (χ2n) is 4.29. The largest absolute Gasteiger partial charge is 0.378 e. The first-order chi connectivity index (χ1) is 9.83. The van der Waals surface area contributed by atoms with Crippen LogP contribution in [0.3, 0.4) is 0 Å². The van der Waals surface area contributed by atoms with Crippen LogP contribution in [0.4, 0.5) is 5.69 Å². The Labute approximate surface area is 125 Å². The normalized spacial score (nSPS) is 10.4. The molecule has 100 valence electrons. The van der Waals surface area contributed by atoms with E-state index in [1.165, 1.54) is 0 Å². The Morgan fingerprint density at radius 2 is 2.00 bits per heavy atom. The van der Waals surface area contributed by atoms with Gasteiger partial charge in [-0.25, -0.2) is 9.97 Å². The molecule has 2 aromatic heterocycles. The summed E-state index contributed by atoms with van der Waals surface area (Å²) in [6, 6.07) is 14.0. The van der Waals surface area contributed by atoms with E-state index < -0.39 is 0 Å². The van der Waals surface area contributed by atoms with E-state index in [1.54, 1.807) is 12.5 Å². The number of anilines is 1. The lowest BCUT2D eigenvalue weighted by atomic mass is 10.2. The van der Waals surface area contributed by atoms with Gasteiger partial charge in [-0.3, -0.25) is 0 Å². The van der Waals surface area contributed by atoms with Crippen LogP contribution in [0.25, 0.3) is 5.69 Å². The minimum Gasteiger partial charge on any atom is -0.378 e. The van der Waals surface area contributed by atoms with E-state index in [0.29, 0.717) is 6.54 Å². The SMILES string of the molecule is Brc1cccc(CNc2ccccc2-n2ccnc2)n1. The predicted molar refractivity (Wildman–Crippen MR) is 82.8 cm³/mol. The van der Waals surface area contributed by atoms with Gasteiger partial charge in [0.15, 0.2) is 0 Å². The lowest BCUT2D eigenvalue weighted by Crippen LogP contribution is -2.05. The van der Waals surface area contributed by atoms with Crippen LogP contribution in [0, 0.1) is 0 Å². The van der Waals surface area contributed by atoms with Gasteiger partial charge in [-0.2, -0.15) is 0 Å². The molecule has 20 heavy (non-hydrogen) atoms.